The van der Waals surface area contributed by atoms with Crippen molar-refractivity contribution in [2.24, 2.45) is 0 Å². The Hall–Kier alpha value is -4.11. The Balaban J connectivity index is 0.000000130. The number of aldehydes is 1. The van der Waals surface area contributed by atoms with Crippen LogP contribution in [-0.2, 0) is 9.59 Å². The largest absolute Gasteiger partial charge is 0.480 e. The number of benzene rings is 1. The van der Waals surface area contributed by atoms with Gasteiger partial charge in [0.25, 0.3) is 0 Å². The first-order chi connectivity index (χ1) is 29.4. The van der Waals surface area contributed by atoms with E-state index in [1.807, 2.05) is 76.5 Å². The normalized spacial score (nSPS) is 11.7. The van der Waals surface area contributed by atoms with Crippen LogP contribution in [0.3, 0.4) is 0 Å². The SMILES string of the molecule is Brc1cc2sc3ccsc3c2s1.CN(CC(=O)O)c1cc2sc3cc(C=O)sc3c2s1.[C-]#[N+]/C(=C\c1cc2sc3cc(N(C)CC(=O)O)sc3c2s1)c1nc2ccccc2s1. The number of carboxylic acid groups (broad SMARTS) is 2. The van der Waals surface area contributed by atoms with Crippen molar-refractivity contribution in [2.45, 2.75) is 0 Å². The molecule has 0 bridgehead atoms. The molecule has 0 fully saturated rings. The maximum absolute atomic E-state index is 11.0. The molecule has 0 aliphatic heterocycles. The lowest BCUT2D eigenvalue weighted by atomic mass is 10.3. The first-order valence-electron chi connectivity index (χ1n) is 17.7. The van der Waals surface area contributed by atoms with Crippen LogP contribution in [0.5, 0.6) is 0 Å². The molecular weight excluding hydrogens is 1030 g/mol. The van der Waals surface area contributed by atoms with Gasteiger partial charge in [-0.25, -0.2) is 9.83 Å². The number of carboxylic acids is 2. The number of anilines is 2. The third kappa shape index (κ3) is 8.66. The van der Waals surface area contributed by atoms with Crippen molar-refractivity contribution < 1.29 is 24.6 Å². The standard InChI is InChI=1S/C21H13N3O2S4.C12H9NO3S3.C8H3BrS3/c1-22-13(21-23-12-5-3-4-6-14(12)29-21)7-11-8-15-19(27-11)20-16(28-15)9-17(30-20)24(2)10-18(25)26;1-13(4-10(15)16)9-3-8-12(19-9)11-7(18-8)2-6(5-14)17-11;9-6-3-5-8(12-6)7-4(11-5)1-2-10-7/h3-9H,10H2,2H3,(H,25,26);2-3,5H,4H2,1H3,(H,15,16);1-3H/b13-7-;;. The fourth-order valence-corrected chi connectivity index (χ4v) is 19.3. The number of carbonyl (C=O) groups excluding carboxylic acids is 1. The van der Waals surface area contributed by atoms with E-state index >= 15 is 0 Å². The summed E-state index contributed by atoms with van der Waals surface area (Å²) in [4.78, 5) is 46.1. The minimum Gasteiger partial charge on any atom is -0.480 e. The van der Waals surface area contributed by atoms with Crippen molar-refractivity contribution in [2.75, 3.05) is 37.0 Å². The van der Waals surface area contributed by atoms with Gasteiger partial charge in [0.05, 0.1) is 63.7 Å². The van der Waals surface area contributed by atoms with Crippen LogP contribution < -0.4 is 9.80 Å². The molecule has 61 heavy (non-hydrogen) atoms. The number of fused-ring (bicyclic) bond motifs is 10. The van der Waals surface area contributed by atoms with Crippen LogP contribution in [0.4, 0.5) is 10.0 Å². The third-order valence-electron chi connectivity index (χ3n) is 8.91. The molecule has 10 heterocycles. The summed E-state index contributed by atoms with van der Waals surface area (Å²) in [6, 6.07) is 20.4. The molecule has 0 aliphatic carbocycles. The van der Waals surface area contributed by atoms with Crippen LogP contribution in [0.25, 0.3) is 83.2 Å². The van der Waals surface area contributed by atoms with Crippen molar-refractivity contribution in [3.05, 3.63) is 96.0 Å². The Bertz CT molecular complexity index is 3490. The summed E-state index contributed by atoms with van der Waals surface area (Å²) < 4.78 is 17.3. The number of nitrogens with zero attached hydrogens (tertiary/aromatic N) is 4. The Kier molecular flexibility index (Phi) is 12.2. The van der Waals surface area contributed by atoms with Gasteiger partial charge in [0.15, 0.2) is 6.29 Å². The zero-order valence-electron chi connectivity index (χ0n) is 31.3. The molecule has 20 heteroatoms. The quantitative estimate of drug-likeness (QED) is 0.108. The van der Waals surface area contributed by atoms with Gasteiger partial charge >= 0.3 is 11.9 Å². The molecule has 0 aliphatic rings. The van der Waals surface area contributed by atoms with Gasteiger partial charge in [0, 0.05) is 47.2 Å². The van der Waals surface area contributed by atoms with E-state index in [0.29, 0.717) is 5.70 Å². The smallest absolute Gasteiger partial charge is 0.323 e. The first kappa shape index (κ1) is 42.2. The summed E-state index contributed by atoms with van der Waals surface area (Å²) in [6.07, 6.45) is 2.79. The molecule has 0 saturated carbocycles. The molecule has 9 nitrogen and oxygen atoms in total. The second-order valence-corrected chi connectivity index (χ2v) is 25.0. The molecular formula is C41H25BrN4O5S10. The zero-order chi connectivity index (χ0) is 42.5. The van der Waals surface area contributed by atoms with Gasteiger partial charge in [0.1, 0.15) is 18.1 Å². The summed E-state index contributed by atoms with van der Waals surface area (Å²) in [7, 11) is 3.56. The summed E-state index contributed by atoms with van der Waals surface area (Å²) in [5.41, 5.74) is 1.46. The van der Waals surface area contributed by atoms with E-state index in [-0.39, 0.29) is 13.1 Å². The number of aliphatic carboxylic acids is 2. The summed E-state index contributed by atoms with van der Waals surface area (Å²) in [6.45, 7) is 7.60. The molecule has 11 aromatic rings. The summed E-state index contributed by atoms with van der Waals surface area (Å²) in [5, 5.41) is 22.6. The number of carbonyl (C=O) groups is 3. The Morgan fingerprint density at radius 2 is 1.21 bits per heavy atom. The van der Waals surface area contributed by atoms with Crippen LogP contribution in [0.2, 0.25) is 0 Å². The minimum absolute atomic E-state index is 0.0130. The van der Waals surface area contributed by atoms with Gasteiger partial charge in [0.2, 0.25) is 5.70 Å². The number of aromatic nitrogens is 1. The van der Waals surface area contributed by atoms with Gasteiger partial charge in [-0.15, -0.1) is 113 Å². The molecule has 306 valence electrons. The lowest BCUT2D eigenvalue weighted by Crippen LogP contribution is -2.24. The molecule has 0 unspecified atom stereocenters. The highest BCUT2D eigenvalue weighted by Gasteiger charge is 2.18. The van der Waals surface area contributed by atoms with Crippen molar-refractivity contribution >= 4 is 236 Å². The lowest BCUT2D eigenvalue weighted by Gasteiger charge is -2.12. The fraction of sp³-hybridized carbons (Fsp3) is 0.0976. The van der Waals surface area contributed by atoms with Gasteiger partial charge < -0.3 is 20.0 Å². The molecule has 11 rings (SSSR count). The van der Waals surface area contributed by atoms with E-state index in [4.69, 9.17) is 16.8 Å². The Morgan fingerprint density at radius 3 is 1.82 bits per heavy atom. The maximum Gasteiger partial charge on any atom is 0.323 e. The van der Waals surface area contributed by atoms with Crippen molar-refractivity contribution in [3.8, 4) is 0 Å². The highest BCUT2D eigenvalue weighted by atomic mass is 79.9. The van der Waals surface area contributed by atoms with E-state index in [2.05, 4.69) is 55.4 Å². The fourth-order valence-electron chi connectivity index (χ4n) is 6.25. The molecule has 0 atom stereocenters. The van der Waals surface area contributed by atoms with E-state index in [1.54, 1.807) is 80.6 Å². The summed E-state index contributed by atoms with van der Waals surface area (Å²) in [5.74, 6) is -1.69. The molecule has 0 amide bonds. The van der Waals surface area contributed by atoms with E-state index < -0.39 is 11.9 Å². The molecule has 0 spiro atoms. The number of hydrogen-bond acceptors (Lipinski definition) is 16. The number of hydrogen-bond donors (Lipinski definition) is 2. The Morgan fingerprint density at radius 1 is 0.672 bits per heavy atom. The van der Waals surface area contributed by atoms with Crippen LogP contribution in [0.1, 0.15) is 19.6 Å². The van der Waals surface area contributed by atoms with Crippen LogP contribution in [0.15, 0.2) is 69.8 Å². The molecule has 10 aromatic heterocycles. The number of likely N-dealkylation sites (N-methyl/N-ethyl adjacent to an activating group) is 2. The van der Waals surface area contributed by atoms with Gasteiger partial charge in [-0.05, 0) is 75.9 Å². The van der Waals surface area contributed by atoms with Crippen LogP contribution in [-0.4, -0.2) is 60.6 Å². The Labute approximate surface area is 394 Å². The molecule has 2 N–H and O–H groups in total. The third-order valence-corrected chi connectivity index (χ3v) is 21.7. The van der Waals surface area contributed by atoms with Crippen molar-refractivity contribution in [3.63, 3.8) is 0 Å². The average molecular weight is 1050 g/mol. The average Bonchev–Trinajstić information content (AvgIpc) is 4.05. The predicted octanol–water partition coefficient (Wildman–Crippen LogP) is 15.2. The van der Waals surface area contributed by atoms with Crippen LogP contribution in [0, 0.1) is 6.57 Å². The van der Waals surface area contributed by atoms with Crippen LogP contribution >= 0.6 is 129 Å². The number of para-hydroxylation sites is 1. The summed E-state index contributed by atoms with van der Waals surface area (Å²) >= 11 is 20.3. The minimum atomic E-state index is -0.844. The highest BCUT2D eigenvalue weighted by Crippen LogP contribution is 2.48. The molecule has 0 saturated heterocycles. The van der Waals surface area contributed by atoms with E-state index in [1.165, 1.54) is 64.1 Å². The first-order valence-corrected chi connectivity index (χ1v) is 26.7. The second kappa shape index (κ2) is 17.6. The van der Waals surface area contributed by atoms with Gasteiger partial charge in [-0.3, -0.25) is 14.4 Å². The molecule has 0 radical (unpaired) electrons. The topological polar surface area (TPSA) is 115 Å². The van der Waals surface area contributed by atoms with Gasteiger partial charge in [-0.2, -0.15) is 0 Å². The maximum atomic E-state index is 11.0. The van der Waals surface area contributed by atoms with Crippen molar-refractivity contribution in [1.82, 2.24) is 4.98 Å². The monoisotopic (exact) mass is 1050 g/mol. The number of thiazole rings is 1. The van der Waals surface area contributed by atoms with E-state index in [9.17, 15) is 14.4 Å². The predicted molar refractivity (Wildman–Crippen MR) is 274 cm³/mol. The highest BCUT2D eigenvalue weighted by molar-refractivity contribution is 9.11. The number of thiophene rings is 9. The number of rotatable bonds is 9. The van der Waals surface area contributed by atoms with Crippen molar-refractivity contribution in [1.29, 1.82) is 0 Å². The lowest BCUT2D eigenvalue weighted by molar-refractivity contribution is -0.136. The zero-order valence-corrected chi connectivity index (χ0v) is 41.0. The molecule has 1 aromatic carbocycles. The number of halogens is 1. The second-order valence-electron chi connectivity index (χ2n) is 13.1. The van der Waals surface area contributed by atoms with E-state index in [0.717, 1.165) is 60.1 Å². The van der Waals surface area contributed by atoms with Gasteiger partial charge in [-0.1, -0.05) is 12.1 Å².